The lowest BCUT2D eigenvalue weighted by atomic mass is 9.91. The van der Waals surface area contributed by atoms with Gasteiger partial charge in [0.25, 0.3) is 0 Å². The molecule has 1 atom stereocenters. The summed E-state index contributed by atoms with van der Waals surface area (Å²) in [5, 5.41) is 10.1. The van der Waals surface area contributed by atoms with Crippen LogP contribution < -0.4 is 9.47 Å². The summed E-state index contributed by atoms with van der Waals surface area (Å²) in [4.78, 5) is 0. The van der Waals surface area contributed by atoms with Crippen LogP contribution in [0.1, 0.15) is 29.2 Å². The molecule has 1 aliphatic heterocycles. The smallest absolute Gasteiger partial charge is 0.139 e. The second kappa shape index (κ2) is 6.74. The van der Waals surface area contributed by atoms with E-state index in [4.69, 9.17) is 9.47 Å². The highest BCUT2D eigenvalue weighted by molar-refractivity contribution is 5.59. The first-order valence-corrected chi connectivity index (χ1v) is 8.84. The summed E-state index contributed by atoms with van der Waals surface area (Å²) in [6, 6.07) is 21.1. The van der Waals surface area contributed by atoms with Crippen molar-refractivity contribution in [2.75, 3.05) is 7.11 Å². The Morgan fingerprint density at radius 2 is 1.74 bits per heavy atom. The first-order valence-electron chi connectivity index (χ1n) is 8.84. The quantitative estimate of drug-likeness (QED) is 0.679. The fourth-order valence-corrected chi connectivity index (χ4v) is 3.41. The van der Waals surface area contributed by atoms with Crippen LogP contribution in [-0.2, 0) is 12.0 Å². The van der Waals surface area contributed by atoms with Gasteiger partial charge < -0.3 is 14.6 Å². The zero-order chi connectivity index (χ0) is 18.9. The Morgan fingerprint density at radius 3 is 2.44 bits per heavy atom. The van der Waals surface area contributed by atoms with Crippen molar-refractivity contribution >= 4 is 0 Å². The van der Waals surface area contributed by atoms with Crippen molar-refractivity contribution in [2.45, 2.75) is 18.9 Å². The molecule has 1 aliphatic rings. The van der Waals surface area contributed by atoms with Crippen LogP contribution in [0.3, 0.4) is 0 Å². The Morgan fingerprint density at radius 1 is 1.00 bits per heavy atom. The number of hydrogen-bond acceptors (Lipinski definition) is 3. The SMILES string of the molecule is COc1ccc(C2(C)Cc3cc(O)cc(C#Cc4ccccc4)c3O2)cc1. The van der Waals surface area contributed by atoms with Crippen LogP contribution in [0.2, 0.25) is 0 Å². The summed E-state index contributed by atoms with van der Waals surface area (Å²) in [7, 11) is 1.65. The molecule has 134 valence electrons. The summed E-state index contributed by atoms with van der Waals surface area (Å²) >= 11 is 0. The normalized spacial score (nSPS) is 17.4. The fraction of sp³-hybridized carbons (Fsp3) is 0.167. The van der Waals surface area contributed by atoms with Crippen LogP contribution in [0.15, 0.2) is 66.7 Å². The van der Waals surface area contributed by atoms with Gasteiger partial charge in [0, 0.05) is 17.5 Å². The molecular weight excluding hydrogens is 336 g/mol. The Labute approximate surface area is 159 Å². The summed E-state index contributed by atoms with van der Waals surface area (Å²) in [6.45, 7) is 2.06. The Bertz CT molecular complexity index is 1030. The molecule has 3 aromatic carbocycles. The van der Waals surface area contributed by atoms with Crippen LogP contribution in [0.5, 0.6) is 17.2 Å². The molecule has 0 radical (unpaired) electrons. The molecular formula is C24H20O3. The molecule has 4 rings (SSSR count). The lowest BCUT2D eigenvalue weighted by Gasteiger charge is -2.25. The molecule has 1 N–H and O–H groups in total. The summed E-state index contributed by atoms with van der Waals surface area (Å²) in [5.41, 5.74) is 3.13. The van der Waals surface area contributed by atoms with E-state index in [0.717, 1.165) is 28.2 Å². The largest absolute Gasteiger partial charge is 0.508 e. The minimum atomic E-state index is -0.508. The predicted octanol–water partition coefficient (Wildman–Crippen LogP) is 4.65. The molecule has 0 aromatic heterocycles. The first-order chi connectivity index (χ1) is 13.1. The van der Waals surface area contributed by atoms with E-state index in [1.165, 1.54) is 0 Å². The highest BCUT2D eigenvalue weighted by Gasteiger charge is 2.38. The Kier molecular flexibility index (Phi) is 4.25. The van der Waals surface area contributed by atoms with E-state index in [9.17, 15) is 5.11 Å². The van der Waals surface area contributed by atoms with Gasteiger partial charge >= 0.3 is 0 Å². The van der Waals surface area contributed by atoms with Crippen LogP contribution in [0, 0.1) is 11.8 Å². The topological polar surface area (TPSA) is 38.7 Å². The molecule has 0 bridgehead atoms. The molecule has 1 unspecified atom stereocenters. The number of phenolic OH excluding ortho intramolecular Hbond substituents is 1. The van der Waals surface area contributed by atoms with E-state index in [2.05, 4.69) is 18.8 Å². The minimum absolute atomic E-state index is 0.202. The molecule has 1 heterocycles. The van der Waals surface area contributed by atoms with Crippen molar-refractivity contribution in [1.29, 1.82) is 0 Å². The molecule has 0 spiro atoms. The highest BCUT2D eigenvalue weighted by atomic mass is 16.5. The van der Waals surface area contributed by atoms with Crippen LogP contribution >= 0.6 is 0 Å². The number of aromatic hydroxyl groups is 1. The van der Waals surface area contributed by atoms with Crippen molar-refractivity contribution in [3.63, 3.8) is 0 Å². The van der Waals surface area contributed by atoms with Gasteiger partial charge in [-0.2, -0.15) is 0 Å². The van der Waals surface area contributed by atoms with Crippen molar-refractivity contribution < 1.29 is 14.6 Å². The zero-order valence-corrected chi connectivity index (χ0v) is 15.3. The van der Waals surface area contributed by atoms with E-state index in [0.29, 0.717) is 12.0 Å². The number of benzene rings is 3. The van der Waals surface area contributed by atoms with Crippen LogP contribution in [0.25, 0.3) is 0 Å². The molecule has 0 fully saturated rings. The Hall–Kier alpha value is -3.38. The van der Waals surface area contributed by atoms with E-state index in [-0.39, 0.29) is 5.75 Å². The van der Waals surface area contributed by atoms with Gasteiger partial charge in [0.15, 0.2) is 0 Å². The molecule has 0 saturated heterocycles. The Balaban J connectivity index is 1.70. The maximum atomic E-state index is 10.1. The summed E-state index contributed by atoms with van der Waals surface area (Å²) in [6.07, 6.45) is 0.670. The van der Waals surface area contributed by atoms with Gasteiger partial charge in [0.2, 0.25) is 0 Å². The number of fused-ring (bicyclic) bond motifs is 1. The van der Waals surface area contributed by atoms with Gasteiger partial charge in [0.05, 0.1) is 12.7 Å². The standard InChI is InChI=1S/C24H20O3/c1-24(20-10-12-22(26-2)13-11-20)16-19-15-21(25)14-18(23(19)27-24)9-8-17-6-4-3-5-7-17/h3-7,10-15,25H,16H2,1-2H3. The zero-order valence-electron chi connectivity index (χ0n) is 15.3. The van der Waals surface area contributed by atoms with Crippen molar-refractivity contribution in [3.05, 3.63) is 89.0 Å². The molecule has 3 heteroatoms. The van der Waals surface area contributed by atoms with Gasteiger partial charge in [0.1, 0.15) is 22.8 Å². The first kappa shape index (κ1) is 17.1. The average molecular weight is 356 g/mol. The van der Waals surface area contributed by atoms with Crippen molar-refractivity contribution in [1.82, 2.24) is 0 Å². The van der Waals surface area contributed by atoms with Gasteiger partial charge in [-0.3, -0.25) is 0 Å². The fourth-order valence-electron chi connectivity index (χ4n) is 3.41. The van der Waals surface area contributed by atoms with E-state index in [1.54, 1.807) is 19.2 Å². The van der Waals surface area contributed by atoms with Crippen LogP contribution in [0.4, 0.5) is 0 Å². The summed E-state index contributed by atoms with van der Waals surface area (Å²) in [5.74, 6) is 8.05. The minimum Gasteiger partial charge on any atom is -0.508 e. The predicted molar refractivity (Wildman–Crippen MR) is 105 cm³/mol. The number of hydrogen-bond donors (Lipinski definition) is 1. The number of methoxy groups -OCH3 is 1. The molecule has 3 aromatic rings. The maximum absolute atomic E-state index is 10.1. The molecule has 3 nitrogen and oxygen atoms in total. The van der Waals surface area contributed by atoms with E-state index >= 15 is 0 Å². The van der Waals surface area contributed by atoms with E-state index in [1.807, 2.05) is 54.6 Å². The molecule has 27 heavy (non-hydrogen) atoms. The average Bonchev–Trinajstić information content (AvgIpc) is 3.04. The molecule has 0 aliphatic carbocycles. The van der Waals surface area contributed by atoms with Crippen molar-refractivity contribution in [2.24, 2.45) is 0 Å². The lowest BCUT2D eigenvalue weighted by Crippen LogP contribution is -2.27. The van der Waals surface area contributed by atoms with Gasteiger partial charge in [-0.25, -0.2) is 0 Å². The van der Waals surface area contributed by atoms with E-state index < -0.39 is 5.60 Å². The lowest BCUT2D eigenvalue weighted by molar-refractivity contribution is 0.115. The second-order valence-corrected chi connectivity index (χ2v) is 6.84. The number of rotatable bonds is 2. The van der Waals surface area contributed by atoms with Crippen molar-refractivity contribution in [3.8, 4) is 29.1 Å². The molecule has 0 saturated carbocycles. The monoisotopic (exact) mass is 356 g/mol. The van der Waals surface area contributed by atoms with Gasteiger partial charge in [-0.05, 0) is 48.9 Å². The number of phenols is 1. The number of ether oxygens (including phenoxy) is 2. The third-order valence-electron chi connectivity index (χ3n) is 4.82. The highest BCUT2D eigenvalue weighted by Crippen LogP contribution is 2.44. The third kappa shape index (κ3) is 3.35. The summed E-state index contributed by atoms with van der Waals surface area (Å²) < 4.78 is 11.6. The second-order valence-electron chi connectivity index (χ2n) is 6.84. The third-order valence-corrected chi connectivity index (χ3v) is 4.82. The van der Waals surface area contributed by atoms with Gasteiger partial charge in [-0.1, -0.05) is 42.2 Å². The van der Waals surface area contributed by atoms with Gasteiger partial charge in [-0.15, -0.1) is 0 Å². The van der Waals surface area contributed by atoms with Crippen LogP contribution in [-0.4, -0.2) is 12.2 Å². The maximum Gasteiger partial charge on any atom is 0.139 e. The molecule has 0 amide bonds.